The second-order valence-corrected chi connectivity index (χ2v) is 4.87. The molecule has 2 aromatic rings. The fourth-order valence-corrected chi connectivity index (χ4v) is 2.44. The molecule has 2 rings (SSSR count). The number of hydrogen-bond acceptors (Lipinski definition) is 1. The minimum absolute atomic E-state index is 0.370. The number of halogens is 3. The van der Waals surface area contributed by atoms with E-state index in [2.05, 4.69) is 0 Å². The van der Waals surface area contributed by atoms with E-state index in [9.17, 15) is 8.78 Å². The summed E-state index contributed by atoms with van der Waals surface area (Å²) in [6.45, 7) is 1.85. The highest BCUT2D eigenvalue weighted by molar-refractivity contribution is 6.31. The summed E-state index contributed by atoms with van der Waals surface area (Å²) < 4.78 is 26.8. The molecule has 0 aliphatic heterocycles. The second kappa shape index (κ2) is 5.27. The first-order chi connectivity index (χ1) is 8.97. The summed E-state index contributed by atoms with van der Waals surface area (Å²) >= 11 is 6.11. The zero-order valence-electron chi connectivity index (χ0n) is 10.5. The van der Waals surface area contributed by atoms with Gasteiger partial charge in [-0.2, -0.15) is 0 Å². The lowest BCUT2D eigenvalue weighted by Gasteiger charge is -2.30. The predicted molar refractivity (Wildman–Crippen MR) is 73.1 cm³/mol. The van der Waals surface area contributed by atoms with Gasteiger partial charge in [0.2, 0.25) is 0 Å². The van der Waals surface area contributed by atoms with Gasteiger partial charge in [-0.1, -0.05) is 30.7 Å². The number of benzene rings is 2. The van der Waals surface area contributed by atoms with E-state index in [1.54, 1.807) is 12.1 Å². The Labute approximate surface area is 116 Å². The molecule has 100 valence electrons. The molecule has 0 amide bonds. The lowest BCUT2D eigenvalue weighted by atomic mass is 9.81. The van der Waals surface area contributed by atoms with E-state index in [-0.39, 0.29) is 5.82 Å². The fraction of sp³-hybridized carbons (Fsp3) is 0.200. The van der Waals surface area contributed by atoms with Crippen LogP contribution in [-0.2, 0) is 5.54 Å². The number of hydrogen-bond donors (Lipinski definition) is 1. The van der Waals surface area contributed by atoms with E-state index in [4.69, 9.17) is 17.3 Å². The Hall–Kier alpha value is -1.45. The van der Waals surface area contributed by atoms with Crippen LogP contribution in [0.1, 0.15) is 24.5 Å². The van der Waals surface area contributed by atoms with E-state index in [0.29, 0.717) is 22.6 Å². The van der Waals surface area contributed by atoms with Crippen LogP contribution in [0.15, 0.2) is 42.5 Å². The molecular weight excluding hydrogens is 268 g/mol. The summed E-state index contributed by atoms with van der Waals surface area (Å²) in [5.41, 5.74) is 6.38. The summed E-state index contributed by atoms with van der Waals surface area (Å²) in [5.74, 6) is -0.799. The molecule has 0 aliphatic carbocycles. The average molecular weight is 282 g/mol. The van der Waals surface area contributed by atoms with Crippen molar-refractivity contribution >= 4 is 11.6 Å². The van der Waals surface area contributed by atoms with Crippen LogP contribution < -0.4 is 5.73 Å². The van der Waals surface area contributed by atoms with Crippen molar-refractivity contribution in [2.45, 2.75) is 18.9 Å². The Kier molecular flexibility index (Phi) is 3.88. The Morgan fingerprint density at radius 1 is 1.11 bits per heavy atom. The molecule has 4 heteroatoms. The van der Waals surface area contributed by atoms with Crippen LogP contribution in [0.5, 0.6) is 0 Å². The van der Waals surface area contributed by atoms with Crippen LogP contribution in [-0.4, -0.2) is 0 Å². The fourth-order valence-electron chi connectivity index (χ4n) is 2.16. The van der Waals surface area contributed by atoms with E-state index in [1.165, 1.54) is 30.3 Å². The third kappa shape index (κ3) is 2.62. The van der Waals surface area contributed by atoms with Gasteiger partial charge in [0.25, 0.3) is 0 Å². The maximum absolute atomic E-state index is 13.4. The van der Waals surface area contributed by atoms with Crippen LogP contribution >= 0.6 is 11.6 Å². The highest BCUT2D eigenvalue weighted by atomic mass is 35.5. The van der Waals surface area contributed by atoms with Crippen LogP contribution in [0.3, 0.4) is 0 Å². The third-order valence-electron chi connectivity index (χ3n) is 3.31. The Balaban J connectivity index is 2.62. The van der Waals surface area contributed by atoms with Crippen molar-refractivity contribution in [1.29, 1.82) is 0 Å². The van der Waals surface area contributed by atoms with Crippen LogP contribution in [0.25, 0.3) is 0 Å². The lowest BCUT2D eigenvalue weighted by Crippen LogP contribution is -2.37. The van der Waals surface area contributed by atoms with Crippen molar-refractivity contribution in [3.63, 3.8) is 0 Å². The largest absolute Gasteiger partial charge is 0.318 e. The number of nitrogens with two attached hydrogens (primary N) is 1. The zero-order valence-corrected chi connectivity index (χ0v) is 11.2. The van der Waals surface area contributed by atoms with E-state index < -0.39 is 11.4 Å². The standard InChI is InChI=1S/C15H14ClF2N/c1-2-15(19,10-4-3-5-11(17)8-10)13-9-12(18)6-7-14(13)16/h3-9H,2,19H2,1H3. The SMILES string of the molecule is CCC(N)(c1cccc(F)c1)c1cc(F)ccc1Cl. The van der Waals surface area contributed by atoms with Crippen molar-refractivity contribution in [2.24, 2.45) is 5.73 Å². The van der Waals surface area contributed by atoms with Crippen molar-refractivity contribution < 1.29 is 8.78 Å². The molecule has 0 radical (unpaired) electrons. The minimum atomic E-state index is -1.01. The monoisotopic (exact) mass is 281 g/mol. The molecule has 1 unspecified atom stereocenters. The van der Waals surface area contributed by atoms with Gasteiger partial charge in [-0.25, -0.2) is 8.78 Å². The van der Waals surface area contributed by atoms with E-state index >= 15 is 0 Å². The van der Waals surface area contributed by atoms with Gasteiger partial charge >= 0.3 is 0 Å². The predicted octanol–water partition coefficient (Wildman–Crippen LogP) is 4.23. The van der Waals surface area contributed by atoms with Crippen molar-refractivity contribution in [3.05, 3.63) is 70.2 Å². The molecule has 2 aromatic carbocycles. The maximum Gasteiger partial charge on any atom is 0.123 e. The van der Waals surface area contributed by atoms with Crippen LogP contribution in [0, 0.1) is 11.6 Å². The summed E-state index contributed by atoms with van der Waals surface area (Å²) in [4.78, 5) is 0. The quantitative estimate of drug-likeness (QED) is 0.895. The molecule has 1 atom stereocenters. The molecule has 0 heterocycles. The molecule has 1 nitrogen and oxygen atoms in total. The van der Waals surface area contributed by atoms with Gasteiger partial charge in [0.05, 0.1) is 5.54 Å². The summed E-state index contributed by atoms with van der Waals surface area (Å²) in [5, 5.41) is 0.370. The van der Waals surface area contributed by atoms with E-state index in [0.717, 1.165) is 0 Å². The molecule has 0 aromatic heterocycles. The molecule has 19 heavy (non-hydrogen) atoms. The van der Waals surface area contributed by atoms with Gasteiger partial charge in [0.1, 0.15) is 11.6 Å². The van der Waals surface area contributed by atoms with E-state index in [1.807, 2.05) is 6.92 Å². The van der Waals surface area contributed by atoms with Gasteiger partial charge in [0, 0.05) is 5.02 Å². The van der Waals surface area contributed by atoms with Gasteiger partial charge in [0.15, 0.2) is 0 Å². The molecule has 0 spiro atoms. The Bertz CT molecular complexity index is 600. The van der Waals surface area contributed by atoms with Gasteiger partial charge in [-0.15, -0.1) is 0 Å². The minimum Gasteiger partial charge on any atom is -0.318 e. The molecule has 0 bridgehead atoms. The second-order valence-electron chi connectivity index (χ2n) is 4.46. The van der Waals surface area contributed by atoms with Gasteiger partial charge in [-0.05, 0) is 47.9 Å². The topological polar surface area (TPSA) is 26.0 Å². The molecule has 0 saturated heterocycles. The van der Waals surface area contributed by atoms with Gasteiger partial charge < -0.3 is 5.73 Å². The molecule has 0 saturated carbocycles. The highest BCUT2D eigenvalue weighted by Crippen LogP contribution is 2.35. The smallest absolute Gasteiger partial charge is 0.123 e. The number of rotatable bonds is 3. The third-order valence-corrected chi connectivity index (χ3v) is 3.64. The summed E-state index contributed by atoms with van der Waals surface area (Å²) in [7, 11) is 0. The first-order valence-electron chi connectivity index (χ1n) is 5.98. The lowest BCUT2D eigenvalue weighted by molar-refractivity contribution is 0.507. The van der Waals surface area contributed by atoms with Crippen molar-refractivity contribution in [3.8, 4) is 0 Å². The summed E-state index contributed by atoms with van der Waals surface area (Å²) in [6, 6.07) is 10.0. The molecular formula is C15H14ClF2N. The van der Waals surface area contributed by atoms with Crippen molar-refractivity contribution in [2.75, 3.05) is 0 Å². The molecule has 0 fully saturated rings. The zero-order chi connectivity index (χ0) is 14.0. The Morgan fingerprint density at radius 2 is 1.79 bits per heavy atom. The molecule has 0 aliphatic rings. The van der Waals surface area contributed by atoms with Crippen LogP contribution in [0.2, 0.25) is 5.02 Å². The Morgan fingerprint density at radius 3 is 2.42 bits per heavy atom. The maximum atomic E-state index is 13.4. The van der Waals surface area contributed by atoms with Crippen LogP contribution in [0.4, 0.5) is 8.78 Å². The average Bonchev–Trinajstić information content (AvgIpc) is 2.40. The van der Waals surface area contributed by atoms with Gasteiger partial charge in [-0.3, -0.25) is 0 Å². The first kappa shape index (κ1) is 14.0. The molecule has 2 N–H and O–H groups in total. The first-order valence-corrected chi connectivity index (χ1v) is 6.35. The summed E-state index contributed by atoms with van der Waals surface area (Å²) in [6.07, 6.45) is 0.472. The van der Waals surface area contributed by atoms with Crippen molar-refractivity contribution in [1.82, 2.24) is 0 Å². The normalized spacial score (nSPS) is 14.2. The highest BCUT2D eigenvalue weighted by Gasteiger charge is 2.30.